The number of sulfonamides is 1. The molecule has 164 valence electrons. The highest BCUT2D eigenvalue weighted by atomic mass is 32.2. The van der Waals surface area contributed by atoms with Gasteiger partial charge in [-0.1, -0.05) is 6.08 Å². The number of alkyl halides is 2. The van der Waals surface area contributed by atoms with E-state index in [1.807, 2.05) is 23.0 Å². The van der Waals surface area contributed by atoms with Crippen molar-refractivity contribution in [3.63, 3.8) is 0 Å². The van der Waals surface area contributed by atoms with Crippen LogP contribution in [0.4, 0.5) is 8.78 Å². The molecule has 0 spiro atoms. The van der Waals surface area contributed by atoms with Crippen LogP contribution in [-0.4, -0.2) is 49.5 Å². The molecule has 0 bridgehead atoms. The van der Waals surface area contributed by atoms with E-state index in [4.69, 9.17) is 4.74 Å². The summed E-state index contributed by atoms with van der Waals surface area (Å²) in [6.07, 6.45) is 6.62. The van der Waals surface area contributed by atoms with Crippen LogP contribution in [-0.2, 0) is 10.0 Å². The third kappa shape index (κ3) is 3.63. The van der Waals surface area contributed by atoms with Crippen molar-refractivity contribution in [2.75, 3.05) is 20.5 Å². The van der Waals surface area contributed by atoms with Crippen molar-refractivity contribution in [1.82, 2.24) is 19.3 Å². The van der Waals surface area contributed by atoms with Crippen LogP contribution in [0.15, 0.2) is 53.6 Å². The fourth-order valence-corrected chi connectivity index (χ4v) is 4.42. The van der Waals surface area contributed by atoms with E-state index < -0.39 is 29.4 Å². The number of pyridine rings is 2. The molecule has 0 fully saturated rings. The van der Waals surface area contributed by atoms with Crippen LogP contribution in [0.5, 0.6) is 5.88 Å². The summed E-state index contributed by atoms with van der Waals surface area (Å²) < 4.78 is 59.2. The largest absolute Gasteiger partial charge is 0.481 e. The molecule has 1 N–H and O–H groups in total. The fourth-order valence-electron chi connectivity index (χ4n) is 3.28. The second kappa shape index (κ2) is 8.49. The quantitative estimate of drug-likeness (QED) is 0.557. The summed E-state index contributed by atoms with van der Waals surface area (Å²) in [5, 5.41) is 9.88. The van der Waals surface area contributed by atoms with E-state index in [-0.39, 0.29) is 10.5 Å². The van der Waals surface area contributed by atoms with Crippen LogP contribution in [0.3, 0.4) is 0 Å². The van der Waals surface area contributed by atoms with E-state index >= 15 is 0 Å². The van der Waals surface area contributed by atoms with Gasteiger partial charge in [0.15, 0.2) is 0 Å². The highest BCUT2D eigenvalue weighted by Crippen LogP contribution is 2.37. The molecule has 0 aromatic carbocycles. The zero-order valence-electron chi connectivity index (χ0n) is 16.8. The normalized spacial score (nSPS) is 13.2. The van der Waals surface area contributed by atoms with E-state index in [2.05, 4.69) is 16.0 Å². The first-order chi connectivity index (χ1) is 15.4. The highest BCUT2D eigenvalue weighted by molar-refractivity contribution is 7.89. The van der Waals surface area contributed by atoms with Crippen molar-refractivity contribution in [2.45, 2.75) is 10.9 Å². The lowest BCUT2D eigenvalue weighted by Crippen LogP contribution is -2.37. The van der Waals surface area contributed by atoms with Crippen LogP contribution >= 0.6 is 0 Å². The molecule has 3 aromatic heterocycles. The van der Waals surface area contributed by atoms with Crippen molar-refractivity contribution in [1.29, 1.82) is 5.26 Å². The van der Waals surface area contributed by atoms with Gasteiger partial charge in [0, 0.05) is 18.0 Å². The summed E-state index contributed by atoms with van der Waals surface area (Å²) in [7, 11) is -2.69. The molecule has 1 aliphatic rings. The van der Waals surface area contributed by atoms with Crippen LogP contribution in [0, 0.1) is 11.3 Å². The van der Waals surface area contributed by atoms with Gasteiger partial charge in [-0.2, -0.15) is 5.26 Å². The third-order valence-corrected chi connectivity index (χ3v) is 6.39. The zero-order chi connectivity index (χ0) is 22.9. The number of methoxy groups -OCH3 is 1. The molecule has 0 aliphatic heterocycles. The number of hydrogen-bond donors (Lipinski definition) is 1. The number of hydrogen-bond acceptors (Lipinski definition) is 6. The van der Waals surface area contributed by atoms with Crippen molar-refractivity contribution in [3.8, 4) is 23.3 Å². The van der Waals surface area contributed by atoms with Crippen molar-refractivity contribution < 1.29 is 21.9 Å². The summed E-state index contributed by atoms with van der Waals surface area (Å²) in [6, 6.07) is 6.83. The SMILES string of the molecule is COc1ccc2c(n1)c(C#N)c(-c1ccc(S(=O)(=O)NC(CF)CF)cn1)n2C1=CC=C1. The predicted octanol–water partition coefficient (Wildman–Crippen LogP) is 2.98. The van der Waals surface area contributed by atoms with Crippen LogP contribution in [0.2, 0.25) is 0 Å². The molecule has 3 heterocycles. The van der Waals surface area contributed by atoms with Gasteiger partial charge in [0.05, 0.1) is 30.1 Å². The van der Waals surface area contributed by atoms with Crippen LogP contribution < -0.4 is 9.46 Å². The molecule has 32 heavy (non-hydrogen) atoms. The number of allylic oxidation sites excluding steroid dienone is 4. The topological polar surface area (TPSA) is 110 Å². The summed E-state index contributed by atoms with van der Waals surface area (Å²) >= 11 is 0. The maximum absolute atomic E-state index is 12.7. The highest BCUT2D eigenvalue weighted by Gasteiger charge is 2.25. The Labute approximate surface area is 182 Å². The third-order valence-electron chi connectivity index (χ3n) is 4.88. The number of rotatable bonds is 8. The average molecular weight is 457 g/mol. The van der Waals surface area contributed by atoms with Gasteiger partial charge in [0.1, 0.15) is 35.4 Å². The van der Waals surface area contributed by atoms with Gasteiger partial charge in [-0.25, -0.2) is 26.9 Å². The Hall–Kier alpha value is -3.62. The first kappa shape index (κ1) is 21.6. The minimum absolute atomic E-state index is 0.247. The maximum Gasteiger partial charge on any atom is 0.242 e. The molecule has 0 amide bonds. The number of nitriles is 1. The Morgan fingerprint density at radius 2 is 2.00 bits per heavy atom. The van der Waals surface area contributed by atoms with Crippen molar-refractivity contribution in [3.05, 3.63) is 54.3 Å². The van der Waals surface area contributed by atoms with Crippen molar-refractivity contribution >= 4 is 26.8 Å². The summed E-state index contributed by atoms with van der Waals surface area (Å²) in [5.74, 6) is 0.339. The van der Waals surface area contributed by atoms with Gasteiger partial charge in [-0.3, -0.25) is 4.98 Å². The molecule has 0 saturated carbocycles. The fraction of sp³-hybridized carbons (Fsp3) is 0.190. The van der Waals surface area contributed by atoms with Gasteiger partial charge in [0.25, 0.3) is 0 Å². The summed E-state index contributed by atoms with van der Waals surface area (Å²) in [4.78, 5) is 8.38. The van der Waals surface area contributed by atoms with Gasteiger partial charge >= 0.3 is 0 Å². The van der Waals surface area contributed by atoms with E-state index in [0.29, 0.717) is 28.3 Å². The monoisotopic (exact) mass is 457 g/mol. The second-order valence-electron chi connectivity index (χ2n) is 6.85. The average Bonchev–Trinajstić information content (AvgIpc) is 3.09. The van der Waals surface area contributed by atoms with Gasteiger partial charge in [-0.05, 0) is 30.4 Å². The Bertz CT molecular complexity index is 1390. The summed E-state index contributed by atoms with van der Waals surface area (Å²) in [6.45, 7) is -2.35. The zero-order valence-corrected chi connectivity index (χ0v) is 17.6. The lowest BCUT2D eigenvalue weighted by molar-refractivity contribution is 0.334. The predicted molar refractivity (Wildman–Crippen MR) is 114 cm³/mol. The molecular formula is C21H17F2N5O3S. The standard InChI is InChI=1S/C21H17F2N5O3S/c1-31-19-8-7-18-20(26-19)16(11-24)21(28(18)14-3-2-4-14)17-6-5-15(12-25-17)32(29,30)27-13(9-22)10-23/h2-8,12-13,27H,9-10H2,1H3. The second-order valence-corrected chi connectivity index (χ2v) is 8.56. The first-order valence-electron chi connectivity index (χ1n) is 9.42. The Morgan fingerprint density at radius 1 is 1.25 bits per heavy atom. The molecule has 0 unspecified atom stereocenters. The maximum atomic E-state index is 12.7. The Balaban J connectivity index is 1.84. The van der Waals surface area contributed by atoms with Gasteiger partial charge in [0.2, 0.25) is 15.9 Å². The molecule has 0 radical (unpaired) electrons. The molecule has 0 saturated heterocycles. The van der Waals surface area contributed by atoms with Crippen LogP contribution in [0.25, 0.3) is 28.1 Å². The molecule has 4 rings (SSSR count). The number of fused-ring (bicyclic) bond motifs is 1. The number of ether oxygens (including phenoxy) is 1. The molecule has 11 heteroatoms. The molecule has 0 atom stereocenters. The number of nitrogens with one attached hydrogen (secondary N) is 1. The van der Waals surface area contributed by atoms with E-state index in [1.165, 1.54) is 19.2 Å². The van der Waals surface area contributed by atoms with E-state index in [1.54, 1.807) is 16.7 Å². The molecule has 1 aliphatic carbocycles. The van der Waals surface area contributed by atoms with Crippen molar-refractivity contribution in [2.24, 2.45) is 0 Å². The lowest BCUT2D eigenvalue weighted by atomic mass is 10.1. The number of nitrogens with zero attached hydrogens (tertiary/aromatic N) is 4. The number of aromatic nitrogens is 3. The summed E-state index contributed by atoms with van der Waals surface area (Å²) in [5.41, 5.74) is 2.87. The first-order valence-corrected chi connectivity index (χ1v) is 10.9. The smallest absolute Gasteiger partial charge is 0.242 e. The molecular weight excluding hydrogens is 440 g/mol. The minimum Gasteiger partial charge on any atom is -0.481 e. The van der Waals surface area contributed by atoms with Gasteiger partial charge in [-0.15, -0.1) is 0 Å². The van der Waals surface area contributed by atoms with Gasteiger partial charge < -0.3 is 9.30 Å². The van der Waals surface area contributed by atoms with E-state index in [9.17, 15) is 22.5 Å². The van der Waals surface area contributed by atoms with Crippen LogP contribution in [0.1, 0.15) is 5.56 Å². The molecule has 8 nitrogen and oxygen atoms in total. The minimum atomic E-state index is -4.17. The number of halogens is 2. The Kier molecular flexibility index (Phi) is 5.73. The Morgan fingerprint density at radius 3 is 2.53 bits per heavy atom. The van der Waals surface area contributed by atoms with E-state index in [0.717, 1.165) is 11.9 Å². The lowest BCUT2D eigenvalue weighted by Gasteiger charge is -2.15. The molecule has 3 aromatic rings.